The van der Waals surface area contributed by atoms with Crippen LogP contribution >= 0.6 is 11.6 Å². The van der Waals surface area contributed by atoms with Gasteiger partial charge >= 0.3 is 0 Å². The molecule has 0 saturated heterocycles. The summed E-state index contributed by atoms with van der Waals surface area (Å²) in [5, 5.41) is 9.18. The molecule has 1 aliphatic carbocycles. The number of hydrogen-bond donors (Lipinski definition) is 2. The standard InChI is InChI=1S/C13H19ClN2O3S/c14-12-9-11(5-6-13(12)15)20(18,19)16(7-2-8-17)10-3-1-4-10/h5-6,9-10,17H,1-4,7-8,15H2. The lowest BCUT2D eigenvalue weighted by atomic mass is 9.93. The van der Waals surface area contributed by atoms with Crippen LogP contribution in [0.25, 0.3) is 0 Å². The summed E-state index contributed by atoms with van der Waals surface area (Å²) in [5.41, 5.74) is 5.97. The van der Waals surface area contributed by atoms with Gasteiger partial charge in [0.25, 0.3) is 0 Å². The molecule has 0 heterocycles. The van der Waals surface area contributed by atoms with Gasteiger partial charge in [0, 0.05) is 19.2 Å². The summed E-state index contributed by atoms with van der Waals surface area (Å²) in [7, 11) is -3.59. The van der Waals surface area contributed by atoms with Gasteiger partial charge in [0.05, 0.1) is 15.6 Å². The summed E-state index contributed by atoms with van der Waals surface area (Å²) in [6, 6.07) is 4.39. The largest absolute Gasteiger partial charge is 0.398 e. The number of benzene rings is 1. The van der Waals surface area contributed by atoms with E-state index in [2.05, 4.69) is 0 Å². The molecule has 1 aliphatic rings. The van der Waals surface area contributed by atoms with E-state index in [1.165, 1.54) is 22.5 Å². The second-order valence-electron chi connectivity index (χ2n) is 4.96. The minimum Gasteiger partial charge on any atom is -0.398 e. The van der Waals surface area contributed by atoms with E-state index in [9.17, 15) is 8.42 Å². The highest BCUT2D eigenvalue weighted by atomic mass is 35.5. The normalized spacial score (nSPS) is 16.4. The predicted octanol–water partition coefficient (Wildman–Crippen LogP) is 1.85. The van der Waals surface area contributed by atoms with E-state index in [0.717, 1.165) is 19.3 Å². The van der Waals surface area contributed by atoms with Crippen LogP contribution in [0.3, 0.4) is 0 Å². The van der Waals surface area contributed by atoms with E-state index in [1.807, 2.05) is 0 Å². The van der Waals surface area contributed by atoms with E-state index >= 15 is 0 Å². The molecule has 1 fully saturated rings. The number of nitrogens with zero attached hydrogens (tertiary/aromatic N) is 1. The van der Waals surface area contributed by atoms with Crippen molar-refractivity contribution in [1.29, 1.82) is 0 Å². The average molecular weight is 319 g/mol. The lowest BCUT2D eigenvalue weighted by Crippen LogP contribution is -2.44. The zero-order chi connectivity index (χ0) is 14.8. The third kappa shape index (κ3) is 3.09. The highest BCUT2D eigenvalue weighted by Gasteiger charge is 2.34. The summed E-state index contributed by atoms with van der Waals surface area (Å²) in [6.07, 6.45) is 3.21. The first-order valence-electron chi connectivity index (χ1n) is 6.64. The number of nitrogen functional groups attached to an aromatic ring is 1. The van der Waals surface area contributed by atoms with Crippen LogP contribution in [-0.4, -0.2) is 37.0 Å². The van der Waals surface area contributed by atoms with Gasteiger partial charge in [-0.15, -0.1) is 0 Å². The van der Waals surface area contributed by atoms with Gasteiger partial charge in [-0.2, -0.15) is 4.31 Å². The Bertz CT molecular complexity index is 573. The van der Waals surface area contributed by atoms with Crippen molar-refractivity contribution in [2.24, 2.45) is 0 Å². The van der Waals surface area contributed by atoms with Gasteiger partial charge in [0.15, 0.2) is 0 Å². The lowest BCUT2D eigenvalue weighted by molar-refractivity contribution is 0.198. The van der Waals surface area contributed by atoms with Crippen LogP contribution in [0.2, 0.25) is 5.02 Å². The number of aliphatic hydroxyl groups excluding tert-OH is 1. The predicted molar refractivity (Wildman–Crippen MR) is 79.1 cm³/mol. The summed E-state index contributed by atoms with van der Waals surface area (Å²) in [4.78, 5) is 0.154. The molecule has 0 unspecified atom stereocenters. The lowest BCUT2D eigenvalue weighted by Gasteiger charge is -2.36. The second kappa shape index (κ2) is 6.30. The smallest absolute Gasteiger partial charge is 0.243 e. The topological polar surface area (TPSA) is 83.6 Å². The highest BCUT2D eigenvalue weighted by molar-refractivity contribution is 7.89. The molecular formula is C13H19ClN2O3S. The van der Waals surface area contributed by atoms with Crippen molar-refractivity contribution in [2.75, 3.05) is 18.9 Å². The first-order chi connectivity index (χ1) is 9.46. The minimum atomic E-state index is -3.59. The zero-order valence-electron chi connectivity index (χ0n) is 11.1. The van der Waals surface area contributed by atoms with Crippen molar-refractivity contribution in [1.82, 2.24) is 4.31 Å². The Kier molecular flexibility index (Phi) is 4.90. The average Bonchev–Trinajstić information content (AvgIpc) is 2.35. The van der Waals surface area contributed by atoms with Gasteiger partial charge in [-0.05, 0) is 37.5 Å². The molecule has 3 N–H and O–H groups in total. The van der Waals surface area contributed by atoms with E-state index in [-0.39, 0.29) is 22.6 Å². The molecule has 1 aromatic carbocycles. The van der Waals surface area contributed by atoms with Crippen molar-refractivity contribution in [3.63, 3.8) is 0 Å². The van der Waals surface area contributed by atoms with Crippen molar-refractivity contribution in [2.45, 2.75) is 36.6 Å². The molecule has 0 radical (unpaired) electrons. The van der Waals surface area contributed by atoms with Gasteiger partial charge in [-0.3, -0.25) is 0 Å². The summed E-state index contributed by atoms with van der Waals surface area (Å²) in [5.74, 6) is 0. The maximum atomic E-state index is 12.7. The molecule has 1 aromatic rings. The number of halogens is 1. The molecule has 2 rings (SSSR count). The molecule has 0 aliphatic heterocycles. The zero-order valence-corrected chi connectivity index (χ0v) is 12.7. The Balaban J connectivity index is 2.30. The fourth-order valence-electron chi connectivity index (χ4n) is 2.20. The summed E-state index contributed by atoms with van der Waals surface area (Å²) >= 11 is 5.91. The molecule has 0 atom stereocenters. The summed E-state index contributed by atoms with van der Waals surface area (Å²) < 4.78 is 26.8. The Morgan fingerprint density at radius 1 is 1.40 bits per heavy atom. The van der Waals surface area contributed by atoms with Crippen LogP contribution in [0, 0.1) is 0 Å². The number of aliphatic hydroxyl groups is 1. The van der Waals surface area contributed by atoms with Crippen molar-refractivity contribution < 1.29 is 13.5 Å². The summed E-state index contributed by atoms with van der Waals surface area (Å²) in [6.45, 7) is 0.298. The Morgan fingerprint density at radius 3 is 2.60 bits per heavy atom. The van der Waals surface area contributed by atoms with Crippen LogP contribution in [0.5, 0.6) is 0 Å². The van der Waals surface area contributed by atoms with Crippen LogP contribution in [0.1, 0.15) is 25.7 Å². The molecule has 5 nitrogen and oxygen atoms in total. The second-order valence-corrected chi connectivity index (χ2v) is 7.26. The molecule has 1 saturated carbocycles. The van der Waals surface area contributed by atoms with Crippen molar-refractivity contribution in [3.05, 3.63) is 23.2 Å². The van der Waals surface area contributed by atoms with E-state index in [4.69, 9.17) is 22.4 Å². The van der Waals surface area contributed by atoms with E-state index in [0.29, 0.717) is 18.7 Å². The first-order valence-corrected chi connectivity index (χ1v) is 8.46. The van der Waals surface area contributed by atoms with Gasteiger partial charge in [-0.1, -0.05) is 18.0 Å². The maximum Gasteiger partial charge on any atom is 0.243 e. The van der Waals surface area contributed by atoms with Crippen LogP contribution in [0.4, 0.5) is 5.69 Å². The Morgan fingerprint density at radius 2 is 2.10 bits per heavy atom. The first kappa shape index (κ1) is 15.6. The molecule has 0 bridgehead atoms. The maximum absolute atomic E-state index is 12.7. The molecular weight excluding hydrogens is 300 g/mol. The van der Waals surface area contributed by atoms with Crippen molar-refractivity contribution >= 4 is 27.3 Å². The monoisotopic (exact) mass is 318 g/mol. The SMILES string of the molecule is Nc1ccc(S(=O)(=O)N(CCCO)C2CCC2)cc1Cl. The van der Waals surface area contributed by atoms with Gasteiger partial charge in [0.2, 0.25) is 10.0 Å². The highest BCUT2D eigenvalue weighted by Crippen LogP contribution is 2.31. The number of nitrogens with two attached hydrogens (primary N) is 1. The van der Waals surface area contributed by atoms with E-state index < -0.39 is 10.0 Å². The fraction of sp³-hybridized carbons (Fsp3) is 0.538. The number of sulfonamides is 1. The van der Waals surface area contributed by atoms with Crippen LogP contribution < -0.4 is 5.73 Å². The minimum absolute atomic E-state index is 0.0266. The molecule has 7 heteroatoms. The van der Waals surface area contributed by atoms with Gasteiger partial charge in [-0.25, -0.2) is 8.42 Å². The van der Waals surface area contributed by atoms with E-state index in [1.54, 1.807) is 0 Å². The van der Waals surface area contributed by atoms with Gasteiger partial charge in [0.1, 0.15) is 0 Å². The van der Waals surface area contributed by atoms with Gasteiger partial charge < -0.3 is 10.8 Å². The molecule has 112 valence electrons. The third-order valence-corrected chi connectivity index (χ3v) is 5.87. The number of rotatable bonds is 6. The fourth-order valence-corrected chi connectivity index (χ4v) is 4.20. The third-order valence-electron chi connectivity index (χ3n) is 3.60. The number of hydrogen-bond acceptors (Lipinski definition) is 4. The quantitative estimate of drug-likeness (QED) is 0.784. The molecule has 20 heavy (non-hydrogen) atoms. The molecule has 0 amide bonds. The Labute approximate surface area is 124 Å². The van der Waals surface area contributed by atoms with Crippen LogP contribution in [-0.2, 0) is 10.0 Å². The Hall–Kier alpha value is -0.820. The van der Waals surface area contributed by atoms with Crippen molar-refractivity contribution in [3.8, 4) is 0 Å². The van der Waals surface area contributed by atoms with Crippen LogP contribution in [0.15, 0.2) is 23.1 Å². The molecule has 0 aromatic heterocycles. The molecule has 0 spiro atoms. The number of anilines is 1.